The van der Waals surface area contributed by atoms with Crippen LogP contribution in [0.5, 0.6) is 11.5 Å². The van der Waals surface area contributed by atoms with Crippen molar-refractivity contribution >= 4 is 0 Å². The highest BCUT2D eigenvalue weighted by Gasteiger charge is 2.44. The van der Waals surface area contributed by atoms with Crippen LogP contribution >= 0.6 is 0 Å². The average Bonchev–Trinajstić information content (AvgIpc) is 3.25. The predicted octanol–water partition coefficient (Wildman–Crippen LogP) is 4.06. The molecule has 0 heterocycles. The fourth-order valence-corrected chi connectivity index (χ4v) is 2.05. The summed E-state index contributed by atoms with van der Waals surface area (Å²) in [5, 5.41) is 0. The maximum absolute atomic E-state index is 13.1. The molecular formula is C17H17FO2. The van der Waals surface area contributed by atoms with Gasteiger partial charge in [-0.3, -0.25) is 0 Å². The third-order valence-corrected chi connectivity index (χ3v) is 3.59. The van der Waals surface area contributed by atoms with Gasteiger partial charge in [0.15, 0.2) is 0 Å². The number of para-hydroxylation sites is 1. The van der Waals surface area contributed by atoms with Crippen LogP contribution in [-0.4, -0.2) is 13.2 Å². The summed E-state index contributed by atoms with van der Waals surface area (Å²) in [5.41, 5.74) is 0.0855. The molecule has 104 valence electrons. The topological polar surface area (TPSA) is 18.5 Å². The minimum atomic E-state index is -0.270. The van der Waals surface area contributed by atoms with E-state index in [0.717, 1.165) is 18.6 Å². The fourth-order valence-electron chi connectivity index (χ4n) is 2.05. The summed E-state index contributed by atoms with van der Waals surface area (Å²) in [6, 6.07) is 16.0. The Labute approximate surface area is 118 Å². The number of hydrogen-bond donors (Lipinski definition) is 0. The van der Waals surface area contributed by atoms with Gasteiger partial charge in [-0.25, -0.2) is 4.39 Å². The lowest BCUT2D eigenvalue weighted by atomic mass is 10.1. The average molecular weight is 272 g/mol. The Morgan fingerprint density at radius 3 is 2.15 bits per heavy atom. The number of hydrogen-bond acceptors (Lipinski definition) is 2. The molecule has 1 aliphatic rings. The summed E-state index contributed by atoms with van der Waals surface area (Å²) in [5.74, 6) is 1.19. The maximum atomic E-state index is 13.1. The van der Waals surface area contributed by atoms with Crippen LogP contribution in [0.3, 0.4) is 0 Å². The van der Waals surface area contributed by atoms with Gasteiger partial charge in [0.1, 0.15) is 17.3 Å². The first kappa shape index (κ1) is 13.0. The van der Waals surface area contributed by atoms with Crippen LogP contribution in [0, 0.1) is 11.2 Å². The van der Waals surface area contributed by atoms with E-state index in [4.69, 9.17) is 9.47 Å². The molecule has 0 amide bonds. The standard InChI is InChI=1S/C17H17FO2/c18-14-5-4-8-16(11-14)20-13-17(9-10-17)12-19-15-6-2-1-3-7-15/h1-8,11H,9-10,12-13H2. The molecule has 1 aliphatic carbocycles. The third kappa shape index (κ3) is 3.29. The van der Waals surface area contributed by atoms with Crippen LogP contribution in [0.25, 0.3) is 0 Å². The van der Waals surface area contributed by atoms with Gasteiger partial charge in [0.2, 0.25) is 0 Å². The summed E-state index contributed by atoms with van der Waals surface area (Å²) in [6.07, 6.45) is 2.18. The molecule has 0 N–H and O–H groups in total. The molecule has 0 bridgehead atoms. The maximum Gasteiger partial charge on any atom is 0.126 e. The summed E-state index contributed by atoms with van der Waals surface area (Å²) < 4.78 is 24.5. The molecule has 2 nitrogen and oxygen atoms in total. The van der Waals surface area contributed by atoms with Crippen LogP contribution in [0.1, 0.15) is 12.8 Å². The molecule has 0 radical (unpaired) electrons. The lowest BCUT2D eigenvalue weighted by Gasteiger charge is -2.17. The molecule has 0 saturated heterocycles. The van der Waals surface area contributed by atoms with Crippen molar-refractivity contribution in [1.29, 1.82) is 0 Å². The Balaban J connectivity index is 1.52. The second-order valence-corrected chi connectivity index (χ2v) is 5.35. The minimum absolute atomic E-state index is 0.0855. The first-order chi connectivity index (χ1) is 9.76. The largest absolute Gasteiger partial charge is 0.493 e. The molecule has 1 fully saturated rings. The summed E-state index contributed by atoms with van der Waals surface area (Å²) in [7, 11) is 0. The van der Waals surface area contributed by atoms with Gasteiger partial charge in [-0.1, -0.05) is 24.3 Å². The Kier molecular flexibility index (Phi) is 3.59. The van der Waals surface area contributed by atoms with Crippen molar-refractivity contribution in [3.63, 3.8) is 0 Å². The van der Waals surface area contributed by atoms with Gasteiger partial charge in [0.05, 0.1) is 13.2 Å². The lowest BCUT2D eigenvalue weighted by Crippen LogP contribution is -2.21. The van der Waals surface area contributed by atoms with Crippen LogP contribution < -0.4 is 9.47 Å². The number of halogens is 1. The van der Waals surface area contributed by atoms with E-state index in [1.807, 2.05) is 30.3 Å². The highest BCUT2D eigenvalue weighted by atomic mass is 19.1. The summed E-state index contributed by atoms with van der Waals surface area (Å²) in [4.78, 5) is 0. The van der Waals surface area contributed by atoms with Crippen LogP contribution in [0.15, 0.2) is 54.6 Å². The molecule has 2 aromatic rings. The highest BCUT2D eigenvalue weighted by molar-refractivity contribution is 5.23. The van der Waals surface area contributed by atoms with E-state index in [0.29, 0.717) is 19.0 Å². The Morgan fingerprint density at radius 1 is 0.850 bits per heavy atom. The minimum Gasteiger partial charge on any atom is -0.493 e. The third-order valence-electron chi connectivity index (χ3n) is 3.59. The second kappa shape index (κ2) is 5.53. The van der Waals surface area contributed by atoms with E-state index in [1.165, 1.54) is 12.1 Å². The normalized spacial score (nSPS) is 15.7. The van der Waals surface area contributed by atoms with E-state index < -0.39 is 0 Å². The van der Waals surface area contributed by atoms with Crippen LogP contribution in [-0.2, 0) is 0 Å². The fraction of sp³-hybridized carbons (Fsp3) is 0.294. The predicted molar refractivity (Wildman–Crippen MR) is 75.5 cm³/mol. The molecule has 0 atom stereocenters. The molecule has 0 unspecified atom stereocenters. The summed E-state index contributed by atoms with van der Waals surface area (Å²) >= 11 is 0. The van der Waals surface area contributed by atoms with Gasteiger partial charge in [0, 0.05) is 11.5 Å². The Hall–Kier alpha value is -2.03. The summed E-state index contributed by atoms with van der Waals surface area (Å²) in [6.45, 7) is 1.22. The molecule has 3 rings (SSSR count). The molecule has 0 aliphatic heterocycles. The SMILES string of the molecule is Fc1cccc(OCC2(COc3ccccc3)CC2)c1. The first-order valence-corrected chi connectivity index (χ1v) is 6.82. The molecule has 0 spiro atoms. The zero-order valence-corrected chi connectivity index (χ0v) is 11.2. The monoisotopic (exact) mass is 272 g/mol. The Morgan fingerprint density at radius 2 is 1.50 bits per heavy atom. The van der Waals surface area contributed by atoms with Crippen molar-refractivity contribution in [3.05, 3.63) is 60.4 Å². The highest BCUT2D eigenvalue weighted by Crippen LogP contribution is 2.46. The zero-order chi connectivity index (χ0) is 13.8. The molecular weight excluding hydrogens is 255 g/mol. The first-order valence-electron chi connectivity index (χ1n) is 6.82. The van der Waals surface area contributed by atoms with Gasteiger partial charge >= 0.3 is 0 Å². The van der Waals surface area contributed by atoms with E-state index in [-0.39, 0.29) is 11.2 Å². The van der Waals surface area contributed by atoms with Crippen molar-refractivity contribution in [1.82, 2.24) is 0 Å². The second-order valence-electron chi connectivity index (χ2n) is 5.35. The van der Waals surface area contributed by atoms with E-state index in [2.05, 4.69) is 0 Å². The van der Waals surface area contributed by atoms with E-state index in [1.54, 1.807) is 12.1 Å². The van der Waals surface area contributed by atoms with E-state index >= 15 is 0 Å². The van der Waals surface area contributed by atoms with Crippen molar-refractivity contribution in [2.45, 2.75) is 12.8 Å². The molecule has 1 saturated carbocycles. The van der Waals surface area contributed by atoms with Crippen molar-refractivity contribution in [2.24, 2.45) is 5.41 Å². The lowest BCUT2D eigenvalue weighted by molar-refractivity contribution is 0.160. The number of benzene rings is 2. The molecule has 20 heavy (non-hydrogen) atoms. The van der Waals surface area contributed by atoms with Crippen LogP contribution in [0.4, 0.5) is 4.39 Å². The van der Waals surface area contributed by atoms with Crippen molar-refractivity contribution in [2.75, 3.05) is 13.2 Å². The van der Waals surface area contributed by atoms with Crippen molar-refractivity contribution in [3.8, 4) is 11.5 Å². The Bertz CT molecular complexity index is 564. The quantitative estimate of drug-likeness (QED) is 0.789. The van der Waals surface area contributed by atoms with Gasteiger partial charge in [-0.05, 0) is 37.1 Å². The number of ether oxygens (including phenoxy) is 2. The molecule has 0 aromatic heterocycles. The zero-order valence-electron chi connectivity index (χ0n) is 11.2. The van der Waals surface area contributed by atoms with Gasteiger partial charge in [0.25, 0.3) is 0 Å². The molecule has 3 heteroatoms. The molecule has 2 aromatic carbocycles. The van der Waals surface area contributed by atoms with Crippen LogP contribution in [0.2, 0.25) is 0 Å². The van der Waals surface area contributed by atoms with Gasteiger partial charge in [-0.2, -0.15) is 0 Å². The smallest absolute Gasteiger partial charge is 0.126 e. The van der Waals surface area contributed by atoms with Gasteiger partial charge in [-0.15, -0.1) is 0 Å². The van der Waals surface area contributed by atoms with Gasteiger partial charge < -0.3 is 9.47 Å². The number of rotatable bonds is 6. The van der Waals surface area contributed by atoms with Crippen molar-refractivity contribution < 1.29 is 13.9 Å². The van der Waals surface area contributed by atoms with E-state index in [9.17, 15) is 4.39 Å².